The van der Waals surface area contributed by atoms with Gasteiger partial charge in [0.2, 0.25) is 5.95 Å². The van der Waals surface area contributed by atoms with Crippen molar-refractivity contribution >= 4 is 17.7 Å². The number of aromatic nitrogens is 2. The van der Waals surface area contributed by atoms with Crippen molar-refractivity contribution in [3.05, 3.63) is 18.0 Å². The fourth-order valence-corrected chi connectivity index (χ4v) is 1.05. The Morgan fingerprint density at radius 3 is 2.62 bits per heavy atom. The van der Waals surface area contributed by atoms with E-state index < -0.39 is 0 Å². The molecular weight excluding hydrogens is 182 g/mol. The molecule has 0 amide bonds. The van der Waals surface area contributed by atoms with Crippen LogP contribution in [0.15, 0.2) is 12.4 Å². The standard InChI is InChI=1S/C9H15N3S/c1-7-4-10-9(11-5-7)12-6-8(2)13-3/h4-5,8H,6H2,1-3H3,(H,10,11,12). The van der Waals surface area contributed by atoms with Crippen molar-refractivity contribution in [2.45, 2.75) is 19.1 Å². The molecule has 1 atom stereocenters. The van der Waals surface area contributed by atoms with Crippen LogP contribution in [0, 0.1) is 6.92 Å². The fraction of sp³-hybridized carbons (Fsp3) is 0.556. The predicted molar refractivity (Wildman–Crippen MR) is 58.2 cm³/mol. The van der Waals surface area contributed by atoms with Gasteiger partial charge >= 0.3 is 0 Å². The Balaban J connectivity index is 2.41. The number of nitrogens with one attached hydrogen (secondary N) is 1. The lowest BCUT2D eigenvalue weighted by Gasteiger charge is -2.08. The normalized spacial score (nSPS) is 12.5. The summed E-state index contributed by atoms with van der Waals surface area (Å²) < 4.78 is 0. The van der Waals surface area contributed by atoms with Gasteiger partial charge in [0.05, 0.1) is 0 Å². The fourth-order valence-electron chi connectivity index (χ4n) is 0.802. The first-order valence-electron chi connectivity index (χ1n) is 4.27. The lowest BCUT2D eigenvalue weighted by Crippen LogP contribution is -2.14. The summed E-state index contributed by atoms with van der Waals surface area (Å²) >= 11 is 1.83. The Kier molecular flexibility index (Phi) is 4.02. The molecule has 1 heterocycles. The van der Waals surface area contributed by atoms with Crippen molar-refractivity contribution in [2.75, 3.05) is 18.1 Å². The summed E-state index contributed by atoms with van der Waals surface area (Å²) in [5.74, 6) is 0.714. The molecule has 0 bridgehead atoms. The van der Waals surface area contributed by atoms with Crippen LogP contribution in [-0.4, -0.2) is 28.0 Å². The topological polar surface area (TPSA) is 37.8 Å². The molecule has 1 aromatic heterocycles. The predicted octanol–water partition coefficient (Wildman–Crippen LogP) is 1.95. The zero-order valence-corrected chi connectivity index (χ0v) is 9.06. The Morgan fingerprint density at radius 2 is 2.08 bits per heavy atom. The van der Waals surface area contributed by atoms with Gasteiger partial charge in [-0.1, -0.05) is 6.92 Å². The van der Waals surface area contributed by atoms with E-state index in [1.807, 2.05) is 31.1 Å². The molecule has 0 saturated heterocycles. The molecule has 0 radical (unpaired) electrons. The van der Waals surface area contributed by atoms with E-state index in [4.69, 9.17) is 0 Å². The number of aryl methyl sites for hydroxylation is 1. The highest BCUT2D eigenvalue weighted by Gasteiger charge is 1.99. The lowest BCUT2D eigenvalue weighted by molar-refractivity contribution is 0.968. The average Bonchev–Trinajstić information content (AvgIpc) is 2.16. The van der Waals surface area contributed by atoms with Crippen molar-refractivity contribution < 1.29 is 0 Å². The maximum atomic E-state index is 4.15. The summed E-state index contributed by atoms with van der Waals surface area (Å²) in [5, 5.41) is 3.77. The van der Waals surface area contributed by atoms with Crippen LogP contribution in [0.2, 0.25) is 0 Å². The SMILES string of the molecule is CSC(C)CNc1ncc(C)cn1. The number of thioether (sulfide) groups is 1. The van der Waals surface area contributed by atoms with Gasteiger partial charge in [0.1, 0.15) is 0 Å². The Morgan fingerprint density at radius 1 is 1.46 bits per heavy atom. The molecule has 0 saturated carbocycles. The van der Waals surface area contributed by atoms with Gasteiger partial charge in [-0.25, -0.2) is 9.97 Å². The Bertz CT molecular complexity index is 248. The molecule has 0 fully saturated rings. The molecule has 0 aliphatic rings. The molecule has 1 N–H and O–H groups in total. The Labute approximate surface area is 83.4 Å². The second-order valence-corrected chi connectivity index (χ2v) is 4.29. The molecule has 0 spiro atoms. The van der Waals surface area contributed by atoms with Crippen molar-refractivity contribution in [1.29, 1.82) is 0 Å². The molecule has 13 heavy (non-hydrogen) atoms. The maximum Gasteiger partial charge on any atom is 0.222 e. The molecule has 1 rings (SSSR count). The lowest BCUT2D eigenvalue weighted by atomic mass is 10.4. The van der Waals surface area contributed by atoms with E-state index >= 15 is 0 Å². The largest absolute Gasteiger partial charge is 0.353 e. The van der Waals surface area contributed by atoms with E-state index in [1.54, 1.807) is 0 Å². The third-order valence-electron chi connectivity index (χ3n) is 1.73. The first-order valence-corrected chi connectivity index (χ1v) is 5.56. The first-order chi connectivity index (χ1) is 6.22. The number of hydrogen-bond donors (Lipinski definition) is 1. The molecule has 3 nitrogen and oxygen atoms in total. The second-order valence-electron chi connectivity index (χ2n) is 3.01. The van der Waals surface area contributed by atoms with E-state index in [0.717, 1.165) is 12.1 Å². The summed E-state index contributed by atoms with van der Waals surface area (Å²) in [6.07, 6.45) is 5.74. The monoisotopic (exact) mass is 197 g/mol. The highest BCUT2D eigenvalue weighted by molar-refractivity contribution is 7.99. The van der Waals surface area contributed by atoms with E-state index in [9.17, 15) is 0 Å². The Hall–Kier alpha value is -0.770. The van der Waals surface area contributed by atoms with Crippen molar-refractivity contribution in [3.8, 4) is 0 Å². The first kappa shape index (κ1) is 10.3. The van der Waals surface area contributed by atoms with Crippen LogP contribution in [-0.2, 0) is 0 Å². The van der Waals surface area contributed by atoms with Gasteiger partial charge in [-0.3, -0.25) is 0 Å². The highest BCUT2D eigenvalue weighted by atomic mass is 32.2. The summed E-state index contributed by atoms with van der Waals surface area (Å²) in [4.78, 5) is 8.31. The minimum absolute atomic E-state index is 0.588. The van der Waals surface area contributed by atoms with Gasteiger partial charge in [-0.2, -0.15) is 11.8 Å². The van der Waals surface area contributed by atoms with Crippen LogP contribution < -0.4 is 5.32 Å². The van der Waals surface area contributed by atoms with Crippen LogP contribution >= 0.6 is 11.8 Å². The van der Waals surface area contributed by atoms with Crippen molar-refractivity contribution in [3.63, 3.8) is 0 Å². The summed E-state index contributed by atoms with van der Waals surface area (Å²) in [6, 6.07) is 0. The average molecular weight is 197 g/mol. The molecular formula is C9H15N3S. The van der Waals surface area contributed by atoms with Gasteiger partial charge in [-0.05, 0) is 18.7 Å². The van der Waals surface area contributed by atoms with Crippen LogP contribution in [0.3, 0.4) is 0 Å². The zero-order valence-electron chi connectivity index (χ0n) is 8.24. The smallest absolute Gasteiger partial charge is 0.222 e. The van der Waals surface area contributed by atoms with Crippen LogP contribution in [0.4, 0.5) is 5.95 Å². The third kappa shape index (κ3) is 3.63. The van der Waals surface area contributed by atoms with Crippen LogP contribution in [0.25, 0.3) is 0 Å². The quantitative estimate of drug-likeness (QED) is 0.800. The highest BCUT2D eigenvalue weighted by Crippen LogP contribution is 2.05. The van der Waals surface area contributed by atoms with Crippen molar-refractivity contribution in [1.82, 2.24) is 9.97 Å². The number of hydrogen-bond acceptors (Lipinski definition) is 4. The maximum absolute atomic E-state index is 4.15. The van der Waals surface area contributed by atoms with Gasteiger partial charge in [-0.15, -0.1) is 0 Å². The van der Waals surface area contributed by atoms with Crippen LogP contribution in [0.5, 0.6) is 0 Å². The molecule has 1 unspecified atom stereocenters. The summed E-state index contributed by atoms with van der Waals surface area (Å²) in [6.45, 7) is 5.06. The zero-order chi connectivity index (χ0) is 9.68. The molecule has 72 valence electrons. The third-order valence-corrected chi connectivity index (χ3v) is 2.70. The van der Waals surface area contributed by atoms with Crippen molar-refractivity contribution in [2.24, 2.45) is 0 Å². The van der Waals surface area contributed by atoms with E-state index in [1.165, 1.54) is 0 Å². The van der Waals surface area contributed by atoms with Crippen LogP contribution in [0.1, 0.15) is 12.5 Å². The summed E-state index contributed by atoms with van der Waals surface area (Å²) in [7, 11) is 0. The van der Waals surface area contributed by atoms with Gasteiger partial charge in [0.15, 0.2) is 0 Å². The number of nitrogens with zero attached hydrogens (tertiary/aromatic N) is 2. The minimum atomic E-state index is 0.588. The number of anilines is 1. The molecule has 0 aromatic carbocycles. The summed E-state index contributed by atoms with van der Waals surface area (Å²) in [5.41, 5.74) is 1.09. The van der Waals surface area contributed by atoms with Gasteiger partial charge < -0.3 is 5.32 Å². The van der Waals surface area contributed by atoms with E-state index in [0.29, 0.717) is 11.2 Å². The number of rotatable bonds is 4. The minimum Gasteiger partial charge on any atom is -0.353 e. The van der Waals surface area contributed by atoms with E-state index in [2.05, 4.69) is 28.5 Å². The molecule has 0 aliphatic heterocycles. The van der Waals surface area contributed by atoms with Gasteiger partial charge in [0, 0.05) is 24.2 Å². The molecule has 0 aliphatic carbocycles. The molecule has 1 aromatic rings. The second kappa shape index (κ2) is 5.07. The van der Waals surface area contributed by atoms with E-state index in [-0.39, 0.29) is 0 Å². The van der Waals surface area contributed by atoms with Gasteiger partial charge in [0.25, 0.3) is 0 Å². The molecule has 4 heteroatoms.